The molecule has 0 saturated carbocycles. The van der Waals surface area contributed by atoms with Crippen molar-refractivity contribution in [2.24, 2.45) is 0 Å². The van der Waals surface area contributed by atoms with Crippen LogP contribution in [-0.4, -0.2) is 16.1 Å². The molecule has 7 heteroatoms. The van der Waals surface area contributed by atoms with E-state index in [0.29, 0.717) is 12.3 Å². The summed E-state index contributed by atoms with van der Waals surface area (Å²) in [5.74, 6) is -2.03. The van der Waals surface area contributed by atoms with E-state index in [1.54, 1.807) is 6.92 Å². The standard InChI is InChI=1S/C18H15F2N3O2/c1-11-22-23-18(25-11)16(9-12-5-3-2-4-6-12)21-17(24)13-7-8-14(19)15(20)10-13/h2-8,10,16H,9H2,1H3,(H,21,24). The number of hydrogen-bond acceptors (Lipinski definition) is 4. The summed E-state index contributed by atoms with van der Waals surface area (Å²) in [5.41, 5.74) is 0.960. The molecule has 2 aromatic carbocycles. The van der Waals surface area contributed by atoms with Gasteiger partial charge in [0, 0.05) is 18.9 Å². The highest BCUT2D eigenvalue weighted by molar-refractivity contribution is 5.94. The summed E-state index contributed by atoms with van der Waals surface area (Å²) in [6.45, 7) is 1.65. The molecule has 0 saturated heterocycles. The van der Waals surface area contributed by atoms with Crippen LogP contribution in [0.1, 0.15) is 33.7 Å². The number of amides is 1. The van der Waals surface area contributed by atoms with E-state index in [2.05, 4.69) is 15.5 Å². The first-order chi connectivity index (χ1) is 12.0. The van der Waals surface area contributed by atoms with Crippen molar-refractivity contribution in [1.82, 2.24) is 15.5 Å². The molecule has 3 aromatic rings. The molecule has 0 aliphatic heterocycles. The summed E-state index contributed by atoms with van der Waals surface area (Å²) in [6, 6.07) is 11.8. The van der Waals surface area contributed by atoms with Gasteiger partial charge in [-0.05, 0) is 23.8 Å². The van der Waals surface area contributed by atoms with Crippen molar-refractivity contribution < 1.29 is 18.0 Å². The summed E-state index contributed by atoms with van der Waals surface area (Å²) in [7, 11) is 0. The number of rotatable bonds is 5. The van der Waals surface area contributed by atoms with E-state index < -0.39 is 23.6 Å². The number of benzene rings is 2. The molecule has 1 atom stereocenters. The van der Waals surface area contributed by atoms with Crippen LogP contribution in [0, 0.1) is 18.6 Å². The number of nitrogens with zero attached hydrogens (tertiary/aromatic N) is 2. The molecule has 1 heterocycles. The van der Waals surface area contributed by atoms with Gasteiger partial charge in [0.1, 0.15) is 6.04 Å². The molecular weight excluding hydrogens is 328 g/mol. The van der Waals surface area contributed by atoms with Gasteiger partial charge in [-0.3, -0.25) is 4.79 Å². The third-order valence-electron chi connectivity index (χ3n) is 3.61. The second-order valence-corrected chi connectivity index (χ2v) is 5.50. The van der Waals surface area contributed by atoms with Crippen LogP contribution in [0.3, 0.4) is 0 Å². The SMILES string of the molecule is Cc1nnc(C(Cc2ccccc2)NC(=O)c2ccc(F)c(F)c2)o1. The van der Waals surface area contributed by atoms with E-state index in [9.17, 15) is 13.6 Å². The minimum absolute atomic E-state index is 0.00759. The van der Waals surface area contributed by atoms with Crippen LogP contribution in [0.5, 0.6) is 0 Å². The van der Waals surface area contributed by atoms with E-state index in [0.717, 1.165) is 17.7 Å². The number of carbonyl (C=O) groups is 1. The Labute approximate surface area is 142 Å². The molecule has 5 nitrogen and oxygen atoms in total. The maximum absolute atomic E-state index is 13.4. The number of aromatic nitrogens is 2. The minimum Gasteiger partial charge on any atom is -0.423 e. The van der Waals surface area contributed by atoms with Gasteiger partial charge in [-0.1, -0.05) is 30.3 Å². The molecule has 0 fully saturated rings. The topological polar surface area (TPSA) is 68.0 Å². The maximum atomic E-state index is 13.4. The zero-order chi connectivity index (χ0) is 17.8. The lowest BCUT2D eigenvalue weighted by molar-refractivity contribution is 0.0929. The molecule has 25 heavy (non-hydrogen) atoms. The number of carbonyl (C=O) groups excluding carboxylic acids is 1. The van der Waals surface area contributed by atoms with Crippen LogP contribution in [0.15, 0.2) is 52.9 Å². The third-order valence-corrected chi connectivity index (χ3v) is 3.61. The van der Waals surface area contributed by atoms with Crippen LogP contribution in [0.2, 0.25) is 0 Å². The fourth-order valence-corrected chi connectivity index (χ4v) is 2.38. The minimum atomic E-state index is -1.08. The molecule has 1 amide bonds. The van der Waals surface area contributed by atoms with Gasteiger partial charge in [0.15, 0.2) is 11.6 Å². The van der Waals surface area contributed by atoms with Crippen LogP contribution >= 0.6 is 0 Å². The average Bonchev–Trinajstić information content (AvgIpc) is 3.04. The van der Waals surface area contributed by atoms with Gasteiger partial charge in [-0.25, -0.2) is 8.78 Å². The Kier molecular flexibility index (Phi) is 4.83. The van der Waals surface area contributed by atoms with Gasteiger partial charge in [0.25, 0.3) is 5.91 Å². The molecule has 128 valence electrons. The lowest BCUT2D eigenvalue weighted by Gasteiger charge is -2.15. The number of nitrogens with one attached hydrogen (secondary N) is 1. The van der Waals surface area contributed by atoms with Crippen molar-refractivity contribution in [3.05, 3.63) is 83.1 Å². The summed E-state index contributed by atoms with van der Waals surface area (Å²) in [4.78, 5) is 12.4. The molecule has 0 spiro atoms. The van der Waals surface area contributed by atoms with Crippen LogP contribution < -0.4 is 5.32 Å². The van der Waals surface area contributed by atoms with Gasteiger partial charge in [0.05, 0.1) is 0 Å². The number of aryl methyl sites for hydroxylation is 1. The second-order valence-electron chi connectivity index (χ2n) is 5.50. The predicted molar refractivity (Wildman–Crippen MR) is 85.7 cm³/mol. The second kappa shape index (κ2) is 7.21. The van der Waals surface area contributed by atoms with Gasteiger partial charge >= 0.3 is 0 Å². The summed E-state index contributed by atoms with van der Waals surface area (Å²) in [5, 5.41) is 10.5. The maximum Gasteiger partial charge on any atom is 0.252 e. The lowest BCUT2D eigenvalue weighted by atomic mass is 10.1. The fourth-order valence-electron chi connectivity index (χ4n) is 2.38. The molecule has 3 rings (SSSR count). The van der Waals surface area contributed by atoms with Crippen molar-refractivity contribution in [3.8, 4) is 0 Å². The molecule has 0 aliphatic rings. The van der Waals surface area contributed by atoms with Crippen molar-refractivity contribution >= 4 is 5.91 Å². The Morgan fingerprint density at radius 2 is 1.88 bits per heavy atom. The summed E-state index contributed by atoms with van der Waals surface area (Å²) < 4.78 is 31.8. The third kappa shape index (κ3) is 4.06. The monoisotopic (exact) mass is 343 g/mol. The highest BCUT2D eigenvalue weighted by atomic mass is 19.2. The van der Waals surface area contributed by atoms with Gasteiger partial charge in [-0.15, -0.1) is 10.2 Å². The van der Waals surface area contributed by atoms with Crippen LogP contribution in [0.4, 0.5) is 8.78 Å². The Balaban J connectivity index is 1.83. The van der Waals surface area contributed by atoms with Gasteiger partial charge in [0.2, 0.25) is 11.8 Å². The van der Waals surface area contributed by atoms with Crippen LogP contribution in [-0.2, 0) is 6.42 Å². The van der Waals surface area contributed by atoms with E-state index in [1.807, 2.05) is 30.3 Å². The number of halogens is 2. The molecule has 1 unspecified atom stereocenters. The van der Waals surface area contributed by atoms with E-state index in [4.69, 9.17) is 4.42 Å². The molecular formula is C18H15F2N3O2. The van der Waals surface area contributed by atoms with Crippen molar-refractivity contribution in [1.29, 1.82) is 0 Å². The molecule has 1 aromatic heterocycles. The van der Waals surface area contributed by atoms with Crippen LogP contribution in [0.25, 0.3) is 0 Å². The molecule has 0 radical (unpaired) electrons. The van der Waals surface area contributed by atoms with E-state index >= 15 is 0 Å². The van der Waals surface area contributed by atoms with E-state index in [1.165, 1.54) is 6.07 Å². The van der Waals surface area contributed by atoms with Crippen molar-refractivity contribution in [3.63, 3.8) is 0 Å². The Bertz CT molecular complexity index is 881. The predicted octanol–water partition coefficient (Wildman–Crippen LogP) is 3.37. The first-order valence-electron chi connectivity index (χ1n) is 7.63. The van der Waals surface area contributed by atoms with Crippen molar-refractivity contribution in [2.45, 2.75) is 19.4 Å². The van der Waals surface area contributed by atoms with Crippen molar-refractivity contribution in [2.75, 3.05) is 0 Å². The van der Waals surface area contributed by atoms with E-state index in [-0.39, 0.29) is 11.5 Å². The first-order valence-corrected chi connectivity index (χ1v) is 7.63. The highest BCUT2D eigenvalue weighted by Crippen LogP contribution is 2.19. The fraction of sp³-hybridized carbons (Fsp3) is 0.167. The van der Waals surface area contributed by atoms with Gasteiger partial charge < -0.3 is 9.73 Å². The molecule has 1 N–H and O–H groups in total. The quantitative estimate of drug-likeness (QED) is 0.771. The zero-order valence-electron chi connectivity index (χ0n) is 13.4. The Hall–Kier alpha value is -3.09. The molecule has 0 bridgehead atoms. The van der Waals surface area contributed by atoms with Gasteiger partial charge in [-0.2, -0.15) is 0 Å². The summed E-state index contributed by atoms with van der Waals surface area (Å²) in [6.07, 6.45) is 0.415. The lowest BCUT2D eigenvalue weighted by Crippen LogP contribution is -2.30. The Morgan fingerprint density at radius 1 is 1.12 bits per heavy atom. The number of hydrogen-bond donors (Lipinski definition) is 1. The largest absolute Gasteiger partial charge is 0.423 e. The molecule has 0 aliphatic carbocycles. The normalized spacial score (nSPS) is 12.0. The first kappa shape index (κ1) is 16.8. The average molecular weight is 343 g/mol. The summed E-state index contributed by atoms with van der Waals surface area (Å²) >= 11 is 0. The Morgan fingerprint density at radius 3 is 2.52 bits per heavy atom. The highest BCUT2D eigenvalue weighted by Gasteiger charge is 2.22. The smallest absolute Gasteiger partial charge is 0.252 e. The zero-order valence-corrected chi connectivity index (χ0v) is 13.4.